The van der Waals surface area contributed by atoms with Gasteiger partial charge in [0, 0.05) is 35.2 Å². The van der Waals surface area contributed by atoms with Crippen molar-refractivity contribution in [1.82, 2.24) is 15.6 Å². The van der Waals surface area contributed by atoms with Crippen LogP contribution in [-0.4, -0.2) is 51.9 Å². The van der Waals surface area contributed by atoms with Gasteiger partial charge in [0.05, 0.1) is 22.9 Å². The second-order valence-corrected chi connectivity index (χ2v) is 10.3. The normalized spacial score (nSPS) is 22.8. The highest BCUT2D eigenvalue weighted by atomic mass is 19.1. The molecule has 2 aliphatic heterocycles. The molecule has 39 heavy (non-hydrogen) atoms. The fraction of sp³-hybridized carbons (Fsp3) is 0.448. The predicted molar refractivity (Wildman–Crippen MR) is 145 cm³/mol. The molecule has 3 heterocycles. The molecule has 0 spiro atoms. The standard InChI is InChI=1S/C24H26FN3O4.C5H9NO/c1-4-24(32,23(30)31)15(11(2)10-29)7-19-22-14(9-27-19)20-17(26)6-5-13-12(3)16(25)8-18(28-22)21(13)20;7-4-5-2-1-3-6-5/h7-8,10,17,27,32H,4-6,9,26H2,1-3H3,(H,30,31);4-6H,1-3H2/b15-11+,19-7-;. The molecule has 1 aliphatic carbocycles. The van der Waals surface area contributed by atoms with Gasteiger partial charge in [-0.3, -0.25) is 4.79 Å². The van der Waals surface area contributed by atoms with Crippen molar-refractivity contribution < 1.29 is 29.0 Å². The summed E-state index contributed by atoms with van der Waals surface area (Å²) < 4.78 is 14.6. The van der Waals surface area contributed by atoms with E-state index >= 15 is 0 Å². The van der Waals surface area contributed by atoms with Gasteiger partial charge in [0.15, 0.2) is 5.60 Å². The average Bonchev–Trinajstić information content (AvgIpc) is 3.60. The van der Waals surface area contributed by atoms with Crippen molar-refractivity contribution in [2.24, 2.45) is 5.73 Å². The van der Waals surface area contributed by atoms with E-state index in [0.29, 0.717) is 48.1 Å². The molecule has 1 aromatic carbocycles. The van der Waals surface area contributed by atoms with Gasteiger partial charge in [0.25, 0.3) is 0 Å². The summed E-state index contributed by atoms with van der Waals surface area (Å²) in [5, 5.41) is 27.6. The first kappa shape index (κ1) is 28.5. The van der Waals surface area contributed by atoms with Gasteiger partial charge in [0.1, 0.15) is 18.4 Å². The number of rotatable bonds is 6. The summed E-state index contributed by atoms with van der Waals surface area (Å²) in [6.07, 6.45) is 6.38. The van der Waals surface area contributed by atoms with Crippen LogP contribution in [0.4, 0.5) is 4.39 Å². The summed E-state index contributed by atoms with van der Waals surface area (Å²) in [5.41, 5.74) is 9.12. The second kappa shape index (κ2) is 11.3. The predicted octanol–water partition coefficient (Wildman–Crippen LogP) is 2.75. The Kier molecular flexibility index (Phi) is 8.29. The summed E-state index contributed by atoms with van der Waals surface area (Å²) in [4.78, 5) is 38.0. The monoisotopic (exact) mass is 538 g/mol. The van der Waals surface area contributed by atoms with Gasteiger partial charge in [-0.05, 0) is 80.8 Å². The van der Waals surface area contributed by atoms with Gasteiger partial charge < -0.3 is 31.4 Å². The highest BCUT2D eigenvalue weighted by Gasteiger charge is 2.39. The van der Waals surface area contributed by atoms with E-state index in [1.165, 1.54) is 26.0 Å². The van der Waals surface area contributed by atoms with Crippen molar-refractivity contribution >= 4 is 35.1 Å². The Morgan fingerprint density at radius 1 is 1.31 bits per heavy atom. The lowest BCUT2D eigenvalue weighted by molar-refractivity contribution is -0.154. The number of pyridine rings is 1. The molecule has 9 nitrogen and oxygen atoms in total. The molecule has 6 N–H and O–H groups in total. The van der Waals surface area contributed by atoms with Crippen LogP contribution in [0.2, 0.25) is 0 Å². The number of nitrogens with one attached hydrogen (secondary N) is 2. The van der Waals surface area contributed by atoms with Crippen LogP contribution < -0.4 is 16.4 Å². The number of carbonyl (C=O) groups excluding carboxylic acids is 2. The maximum atomic E-state index is 14.6. The number of aliphatic carboxylic acids is 1. The van der Waals surface area contributed by atoms with Gasteiger partial charge in [-0.1, -0.05) is 6.92 Å². The first-order chi connectivity index (χ1) is 18.6. The molecule has 1 aromatic heterocycles. The zero-order valence-electron chi connectivity index (χ0n) is 22.4. The second-order valence-electron chi connectivity index (χ2n) is 10.3. The number of hydrogen-bond donors (Lipinski definition) is 5. The van der Waals surface area contributed by atoms with E-state index in [0.717, 1.165) is 47.7 Å². The van der Waals surface area contributed by atoms with Gasteiger partial charge in [-0.2, -0.15) is 0 Å². The summed E-state index contributed by atoms with van der Waals surface area (Å²) >= 11 is 0. The minimum atomic E-state index is -2.24. The Balaban J connectivity index is 0.000000438. The smallest absolute Gasteiger partial charge is 0.340 e. The number of fused-ring (bicyclic) bond motifs is 2. The minimum absolute atomic E-state index is 0.0199. The number of aldehydes is 2. The molecule has 0 saturated carbocycles. The Labute approximate surface area is 226 Å². The molecule has 3 unspecified atom stereocenters. The molecule has 0 amide bonds. The van der Waals surface area contributed by atoms with Gasteiger partial charge >= 0.3 is 5.97 Å². The number of carboxylic acids is 1. The summed E-state index contributed by atoms with van der Waals surface area (Å²) in [7, 11) is 0. The SMILES string of the molecule is CCC(O)(C(=O)O)C(/C=C1\NCc2c1nc1cc(F)c(C)c3c1c2C(N)CC3)=C(\C)C=O.O=CC1CCCN1. The van der Waals surface area contributed by atoms with E-state index in [4.69, 9.17) is 10.7 Å². The number of nitrogens with two attached hydrogens (primary N) is 1. The fourth-order valence-electron chi connectivity index (χ4n) is 5.65. The average molecular weight is 539 g/mol. The Morgan fingerprint density at radius 2 is 2.05 bits per heavy atom. The third-order valence-electron chi connectivity index (χ3n) is 8.00. The summed E-state index contributed by atoms with van der Waals surface area (Å²) in [6.45, 7) is 6.18. The lowest BCUT2D eigenvalue weighted by atomic mass is 9.82. The molecule has 0 bridgehead atoms. The number of nitrogens with zero attached hydrogens (tertiary/aromatic N) is 1. The molecule has 2 aromatic rings. The molecule has 208 valence electrons. The maximum absolute atomic E-state index is 14.6. The highest BCUT2D eigenvalue weighted by Crippen LogP contribution is 2.42. The zero-order chi connectivity index (χ0) is 28.5. The molecular weight excluding hydrogens is 503 g/mol. The Bertz CT molecular complexity index is 1400. The number of hydrogen-bond acceptors (Lipinski definition) is 8. The van der Waals surface area contributed by atoms with E-state index in [9.17, 15) is 29.0 Å². The molecule has 5 rings (SSSR count). The van der Waals surface area contributed by atoms with Gasteiger partial charge in [0.2, 0.25) is 0 Å². The minimum Gasteiger partial charge on any atom is -0.479 e. The van der Waals surface area contributed by atoms with E-state index in [1.54, 1.807) is 6.92 Å². The number of allylic oxidation sites excluding steroid dienone is 1. The topological polar surface area (TPSA) is 155 Å². The van der Waals surface area contributed by atoms with Gasteiger partial charge in [-0.15, -0.1) is 0 Å². The van der Waals surface area contributed by atoms with E-state index < -0.39 is 11.6 Å². The van der Waals surface area contributed by atoms with Crippen molar-refractivity contribution in [3.05, 3.63) is 57.1 Å². The number of carboxylic acid groups (broad SMARTS) is 1. The highest BCUT2D eigenvalue weighted by molar-refractivity contribution is 5.93. The van der Waals surface area contributed by atoms with Crippen molar-refractivity contribution in [3.8, 4) is 0 Å². The number of halogens is 1. The van der Waals surface area contributed by atoms with Crippen LogP contribution in [0.5, 0.6) is 0 Å². The quantitative estimate of drug-likeness (QED) is 0.276. The van der Waals surface area contributed by atoms with Crippen LogP contribution in [0.15, 0.2) is 23.3 Å². The number of aliphatic hydroxyl groups is 1. The molecule has 3 atom stereocenters. The fourth-order valence-corrected chi connectivity index (χ4v) is 5.65. The number of aromatic nitrogens is 1. The number of benzene rings is 1. The first-order valence-corrected chi connectivity index (χ1v) is 13.2. The third kappa shape index (κ3) is 5.11. The molecule has 1 fully saturated rings. The van der Waals surface area contributed by atoms with Crippen LogP contribution in [0.1, 0.15) is 73.5 Å². The molecule has 10 heteroatoms. The molecule has 1 saturated heterocycles. The maximum Gasteiger partial charge on any atom is 0.340 e. The van der Waals surface area contributed by atoms with Gasteiger partial charge in [-0.25, -0.2) is 14.2 Å². The molecule has 3 aliphatic rings. The van der Waals surface area contributed by atoms with Crippen LogP contribution in [0, 0.1) is 12.7 Å². The lowest BCUT2D eigenvalue weighted by Gasteiger charge is -2.26. The molecule has 0 radical (unpaired) electrons. The first-order valence-electron chi connectivity index (χ1n) is 13.2. The van der Waals surface area contributed by atoms with E-state index in [-0.39, 0.29) is 35.5 Å². The summed E-state index contributed by atoms with van der Waals surface area (Å²) in [5.74, 6) is -1.78. The largest absolute Gasteiger partial charge is 0.479 e. The van der Waals surface area contributed by atoms with Crippen LogP contribution in [0.3, 0.4) is 0 Å². The van der Waals surface area contributed by atoms with Crippen molar-refractivity contribution in [2.45, 2.75) is 77.1 Å². The zero-order valence-corrected chi connectivity index (χ0v) is 22.4. The number of carbonyl (C=O) groups is 3. The summed E-state index contributed by atoms with van der Waals surface area (Å²) in [6, 6.07) is 1.34. The number of aryl methyl sites for hydroxylation is 1. The Morgan fingerprint density at radius 3 is 2.62 bits per heavy atom. The third-order valence-corrected chi connectivity index (χ3v) is 8.00. The Hall–Kier alpha value is -3.47. The van der Waals surface area contributed by atoms with E-state index in [1.807, 2.05) is 0 Å². The van der Waals surface area contributed by atoms with Crippen LogP contribution in [-0.2, 0) is 27.3 Å². The van der Waals surface area contributed by atoms with E-state index in [2.05, 4.69) is 10.6 Å². The van der Waals surface area contributed by atoms with Crippen molar-refractivity contribution in [1.29, 1.82) is 0 Å². The van der Waals surface area contributed by atoms with Crippen molar-refractivity contribution in [3.63, 3.8) is 0 Å². The van der Waals surface area contributed by atoms with Crippen LogP contribution in [0.25, 0.3) is 16.6 Å². The van der Waals surface area contributed by atoms with Crippen LogP contribution >= 0.6 is 0 Å². The lowest BCUT2D eigenvalue weighted by Crippen LogP contribution is -2.40. The molecular formula is C29H35FN4O5. The van der Waals surface area contributed by atoms with Crippen molar-refractivity contribution in [2.75, 3.05) is 6.54 Å².